The summed E-state index contributed by atoms with van der Waals surface area (Å²) in [5.41, 5.74) is 3.05. The summed E-state index contributed by atoms with van der Waals surface area (Å²) < 4.78 is 3.43. The van der Waals surface area contributed by atoms with Crippen LogP contribution in [0.1, 0.15) is 6.92 Å². The molecule has 0 spiro atoms. The highest BCUT2D eigenvalue weighted by atomic mass is 32.2. The van der Waals surface area contributed by atoms with Crippen molar-refractivity contribution in [1.29, 1.82) is 0 Å². The fourth-order valence-electron chi connectivity index (χ4n) is 3.30. The van der Waals surface area contributed by atoms with Crippen molar-refractivity contribution < 1.29 is 0 Å². The lowest BCUT2D eigenvalue weighted by Gasteiger charge is -2.04. The molecule has 0 N–H and O–H groups in total. The second-order valence-electron chi connectivity index (χ2n) is 6.21. The molecule has 138 valence electrons. The maximum Gasteiger partial charge on any atom is 0.278 e. The summed E-state index contributed by atoms with van der Waals surface area (Å²) >= 11 is 1.30. The molecule has 0 radical (unpaired) electrons. The smallest absolute Gasteiger partial charge is 0.278 e. The van der Waals surface area contributed by atoms with Crippen LogP contribution in [0.2, 0.25) is 0 Å². The van der Waals surface area contributed by atoms with Crippen molar-refractivity contribution in [3.63, 3.8) is 0 Å². The number of aryl methyl sites for hydroxylation is 1. The van der Waals surface area contributed by atoms with Crippen molar-refractivity contribution in [1.82, 2.24) is 34.7 Å². The molecule has 5 rings (SSSR count). The van der Waals surface area contributed by atoms with Crippen LogP contribution in [0.25, 0.3) is 33.0 Å². The van der Waals surface area contributed by atoms with Crippen molar-refractivity contribution in [2.24, 2.45) is 0 Å². The first-order chi connectivity index (χ1) is 13.8. The highest BCUT2D eigenvalue weighted by molar-refractivity contribution is 7.98. The van der Waals surface area contributed by atoms with Crippen LogP contribution in [0.4, 0.5) is 0 Å². The molecular weight excluding hydrogens is 374 g/mol. The maximum absolute atomic E-state index is 12.6. The topological polar surface area (TPSA) is 91.4 Å². The first kappa shape index (κ1) is 16.8. The third-order valence-corrected chi connectivity index (χ3v) is 5.42. The Kier molecular flexibility index (Phi) is 4.01. The van der Waals surface area contributed by atoms with Crippen molar-refractivity contribution >= 4 is 44.7 Å². The largest absolute Gasteiger partial charge is 0.324 e. The summed E-state index contributed by atoms with van der Waals surface area (Å²) in [6.45, 7) is 2.85. The molecule has 0 bridgehead atoms. The third kappa shape index (κ3) is 2.63. The minimum atomic E-state index is -0.185. The van der Waals surface area contributed by atoms with Gasteiger partial charge in [0.25, 0.3) is 5.56 Å². The Bertz CT molecular complexity index is 1390. The SMILES string of the molecule is CCn1c2ccccc2c2nnc(SCn3nnc4ccccc4c3=O)nc21. The normalized spacial score (nSPS) is 11.6. The molecule has 0 amide bonds. The van der Waals surface area contributed by atoms with E-state index in [2.05, 4.69) is 43.1 Å². The Morgan fingerprint density at radius 3 is 2.61 bits per heavy atom. The molecule has 0 fully saturated rings. The van der Waals surface area contributed by atoms with Gasteiger partial charge in [0, 0.05) is 11.9 Å². The van der Waals surface area contributed by atoms with Crippen LogP contribution in [0.5, 0.6) is 0 Å². The van der Waals surface area contributed by atoms with Crippen LogP contribution in [0.15, 0.2) is 58.5 Å². The van der Waals surface area contributed by atoms with Gasteiger partial charge in [0.2, 0.25) is 5.16 Å². The average molecular weight is 389 g/mol. The molecule has 0 saturated carbocycles. The Morgan fingerprint density at radius 2 is 1.75 bits per heavy atom. The number of hydrogen-bond acceptors (Lipinski definition) is 7. The van der Waals surface area contributed by atoms with Crippen molar-refractivity contribution in [2.45, 2.75) is 24.5 Å². The van der Waals surface area contributed by atoms with Gasteiger partial charge in [-0.25, -0.2) is 4.98 Å². The minimum Gasteiger partial charge on any atom is -0.324 e. The summed E-state index contributed by atoms with van der Waals surface area (Å²) in [5, 5.41) is 18.8. The van der Waals surface area contributed by atoms with E-state index in [1.54, 1.807) is 12.1 Å². The fraction of sp³-hybridized carbons (Fsp3) is 0.158. The van der Waals surface area contributed by atoms with Crippen molar-refractivity contribution in [3.05, 3.63) is 58.9 Å². The second kappa shape index (κ2) is 6.68. The van der Waals surface area contributed by atoms with E-state index >= 15 is 0 Å². The van der Waals surface area contributed by atoms with E-state index in [9.17, 15) is 4.79 Å². The molecule has 3 aromatic heterocycles. The zero-order valence-electron chi connectivity index (χ0n) is 15.0. The van der Waals surface area contributed by atoms with Gasteiger partial charge in [0.1, 0.15) is 11.0 Å². The summed E-state index contributed by atoms with van der Waals surface area (Å²) in [6, 6.07) is 15.2. The van der Waals surface area contributed by atoms with E-state index in [-0.39, 0.29) is 11.4 Å². The Labute approximate surface area is 163 Å². The molecule has 3 heterocycles. The fourth-order valence-corrected chi connectivity index (χ4v) is 3.95. The lowest BCUT2D eigenvalue weighted by atomic mass is 10.2. The van der Waals surface area contributed by atoms with Gasteiger partial charge in [-0.2, -0.15) is 4.68 Å². The van der Waals surface area contributed by atoms with Gasteiger partial charge < -0.3 is 4.57 Å². The number of fused-ring (bicyclic) bond motifs is 4. The summed E-state index contributed by atoms with van der Waals surface area (Å²) in [4.78, 5) is 17.2. The van der Waals surface area contributed by atoms with Gasteiger partial charge in [-0.05, 0) is 25.1 Å². The standard InChI is InChI=1S/C19H15N7OS/c1-2-25-15-10-6-4-8-13(15)16-17(25)20-19(23-22-16)28-11-26-18(27)12-7-3-5-9-14(12)21-24-26/h3-10H,2,11H2,1H3. The predicted molar refractivity (Wildman–Crippen MR) is 108 cm³/mol. The zero-order valence-corrected chi connectivity index (χ0v) is 15.8. The van der Waals surface area contributed by atoms with Gasteiger partial charge in [0.05, 0.1) is 16.8 Å². The van der Waals surface area contributed by atoms with Crippen LogP contribution in [-0.2, 0) is 12.4 Å². The number of nitrogens with zero attached hydrogens (tertiary/aromatic N) is 7. The monoisotopic (exact) mass is 389 g/mol. The van der Waals surface area contributed by atoms with E-state index in [0.717, 1.165) is 28.6 Å². The van der Waals surface area contributed by atoms with E-state index in [1.807, 2.05) is 30.3 Å². The lowest BCUT2D eigenvalue weighted by molar-refractivity contribution is 0.643. The number of aromatic nitrogens is 7. The molecule has 28 heavy (non-hydrogen) atoms. The number of rotatable bonds is 4. The number of hydrogen-bond donors (Lipinski definition) is 0. The molecule has 0 aliphatic heterocycles. The second-order valence-corrected chi connectivity index (χ2v) is 7.12. The Hall–Kier alpha value is -3.33. The molecule has 2 aromatic carbocycles. The number of benzene rings is 2. The Balaban J connectivity index is 1.51. The van der Waals surface area contributed by atoms with E-state index < -0.39 is 0 Å². The molecule has 0 unspecified atom stereocenters. The molecular formula is C19H15N7OS. The highest BCUT2D eigenvalue weighted by Crippen LogP contribution is 2.27. The molecule has 9 heteroatoms. The molecule has 5 aromatic rings. The molecule has 0 aliphatic carbocycles. The average Bonchev–Trinajstić information content (AvgIpc) is 3.06. The first-order valence-electron chi connectivity index (χ1n) is 8.83. The molecule has 8 nitrogen and oxygen atoms in total. The van der Waals surface area contributed by atoms with Crippen LogP contribution >= 0.6 is 11.8 Å². The summed E-state index contributed by atoms with van der Waals surface area (Å²) in [5.74, 6) is 0.260. The van der Waals surface area contributed by atoms with Gasteiger partial charge in [0.15, 0.2) is 5.65 Å². The van der Waals surface area contributed by atoms with E-state index in [4.69, 9.17) is 0 Å². The predicted octanol–water partition coefficient (Wildman–Crippen LogP) is 2.85. The first-order valence-corrected chi connectivity index (χ1v) is 9.82. The van der Waals surface area contributed by atoms with Gasteiger partial charge in [-0.15, -0.1) is 15.3 Å². The molecule has 0 aliphatic rings. The molecule has 0 atom stereocenters. The number of para-hydroxylation sites is 1. The van der Waals surface area contributed by atoms with Crippen LogP contribution in [-0.4, -0.2) is 34.7 Å². The zero-order chi connectivity index (χ0) is 19.1. The van der Waals surface area contributed by atoms with Crippen molar-refractivity contribution in [2.75, 3.05) is 0 Å². The van der Waals surface area contributed by atoms with Crippen molar-refractivity contribution in [3.8, 4) is 0 Å². The number of thioether (sulfide) groups is 1. The molecule has 0 saturated heterocycles. The van der Waals surface area contributed by atoms with Gasteiger partial charge in [-0.1, -0.05) is 47.3 Å². The summed E-state index contributed by atoms with van der Waals surface area (Å²) in [6.07, 6.45) is 0. The third-order valence-electron chi connectivity index (χ3n) is 4.62. The van der Waals surface area contributed by atoms with E-state index in [0.29, 0.717) is 16.1 Å². The highest BCUT2D eigenvalue weighted by Gasteiger charge is 2.14. The van der Waals surface area contributed by atoms with Crippen LogP contribution in [0.3, 0.4) is 0 Å². The lowest BCUT2D eigenvalue weighted by Crippen LogP contribution is -2.23. The van der Waals surface area contributed by atoms with Gasteiger partial charge >= 0.3 is 0 Å². The van der Waals surface area contributed by atoms with Gasteiger partial charge in [-0.3, -0.25) is 4.79 Å². The van der Waals surface area contributed by atoms with Crippen LogP contribution < -0.4 is 5.56 Å². The summed E-state index contributed by atoms with van der Waals surface area (Å²) in [7, 11) is 0. The minimum absolute atomic E-state index is 0.185. The Morgan fingerprint density at radius 1 is 0.964 bits per heavy atom. The van der Waals surface area contributed by atoms with E-state index in [1.165, 1.54) is 16.4 Å². The quantitative estimate of drug-likeness (QED) is 0.437. The maximum atomic E-state index is 12.6. The van der Waals surface area contributed by atoms with Crippen LogP contribution in [0, 0.1) is 0 Å².